The number of carbonyl (C=O) groups excluding carboxylic acids is 1. The van der Waals surface area contributed by atoms with Crippen LogP contribution in [0.1, 0.15) is 18.1 Å². The molecule has 2 heterocycles. The maximum atomic E-state index is 12.7. The van der Waals surface area contributed by atoms with E-state index in [1.807, 2.05) is 0 Å². The summed E-state index contributed by atoms with van der Waals surface area (Å²) in [5, 5.41) is 2.89. The number of hydrogen-bond acceptors (Lipinski definition) is 6. The number of halogens is 7. The fourth-order valence-electron chi connectivity index (χ4n) is 3.67. The number of nitrogens with one attached hydrogen (secondary N) is 1. The topological polar surface area (TPSA) is 89.9 Å². The van der Waals surface area contributed by atoms with Crippen LogP contribution < -0.4 is 10.1 Å². The summed E-state index contributed by atoms with van der Waals surface area (Å²) in [5.74, 6) is 0.456. The third kappa shape index (κ3) is 8.98. The molecule has 0 spiro atoms. The van der Waals surface area contributed by atoms with Gasteiger partial charge in [0.2, 0.25) is 11.8 Å². The Morgan fingerprint density at radius 1 is 0.705 bits per heavy atom. The largest absolute Gasteiger partial charge is 0.439 e. The molecule has 5 aromatic rings. The molecule has 0 atom stereocenters. The maximum Gasteiger partial charge on any atom is 0.416 e. The van der Waals surface area contributed by atoms with Crippen LogP contribution in [-0.4, -0.2) is 25.8 Å². The van der Waals surface area contributed by atoms with Crippen molar-refractivity contribution in [1.82, 2.24) is 19.9 Å². The summed E-state index contributed by atoms with van der Waals surface area (Å²) in [4.78, 5) is 26.8. The molecule has 0 aliphatic carbocycles. The van der Waals surface area contributed by atoms with E-state index < -0.39 is 23.5 Å². The summed E-state index contributed by atoms with van der Waals surface area (Å²) in [5.41, 5.74) is 1.11. The van der Waals surface area contributed by atoms with Crippen LogP contribution in [0.4, 0.5) is 32.0 Å². The lowest BCUT2D eigenvalue weighted by Crippen LogP contribution is -2.05. The summed E-state index contributed by atoms with van der Waals surface area (Å²) in [6.45, 7) is 1.40. The number of rotatable bonds is 5. The second kappa shape index (κ2) is 13.5. The Morgan fingerprint density at radius 2 is 1.23 bits per heavy atom. The van der Waals surface area contributed by atoms with Crippen LogP contribution >= 0.6 is 11.6 Å². The van der Waals surface area contributed by atoms with Crippen molar-refractivity contribution < 1.29 is 35.9 Å². The summed E-state index contributed by atoms with van der Waals surface area (Å²) in [6, 6.07) is 19.1. The molecule has 0 unspecified atom stereocenters. The van der Waals surface area contributed by atoms with Crippen LogP contribution in [0, 0.1) is 0 Å². The van der Waals surface area contributed by atoms with E-state index in [0.29, 0.717) is 34.0 Å². The fraction of sp³-hybridized carbons (Fsp3) is 0.100. The molecule has 0 saturated carbocycles. The third-order valence-electron chi connectivity index (χ3n) is 5.67. The van der Waals surface area contributed by atoms with E-state index in [0.717, 1.165) is 24.3 Å². The third-order valence-corrected chi connectivity index (χ3v) is 5.88. The molecule has 3 aromatic carbocycles. The van der Waals surface area contributed by atoms with Gasteiger partial charge in [0, 0.05) is 41.9 Å². The predicted molar refractivity (Wildman–Crippen MR) is 151 cm³/mol. The van der Waals surface area contributed by atoms with E-state index in [2.05, 4.69) is 25.3 Å². The van der Waals surface area contributed by atoms with Crippen molar-refractivity contribution in [3.63, 3.8) is 0 Å². The molecule has 0 fully saturated rings. The predicted octanol–water partition coefficient (Wildman–Crippen LogP) is 8.73. The number of anilines is 1. The van der Waals surface area contributed by atoms with Crippen molar-refractivity contribution in [2.24, 2.45) is 0 Å². The smallest absolute Gasteiger partial charge is 0.416 e. The van der Waals surface area contributed by atoms with Crippen LogP contribution in [0.15, 0.2) is 97.6 Å². The number of hydrogen-bond donors (Lipinski definition) is 1. The molecular formula is C30H20ClF6N5O2. The molecule has 7 nitrogen and oxygen atoms in total. The number of aromatic nitrogens is 4. The lowest BCUT2D eigenvalue weighted by Gasteiger charge is -2.09. The van der Waals surface area contributed by atoms with E-state index in [9.17, 15) is 31.1 Å². The SMILES string of the molecule is CC(=O)Nc1cccc(Oc2cc(-c3ccc(C(F)(F)F)cc3)ncn2)c1.FC(F)(F)c1ccc(-c2cc(Cl)ncn2)cc1. The van der Waals surface area contributed by atoms with Crippen molar-refractivity contribution in [3.05, 3.63) is 114 Å². The second-order valence-electron chi connectivity index (χ2n) is 8.93. The summed E-state index contributed by atoms with van der Waals surface area (Å²) in [6.07, 6.45) is -6.20. The molecule has 1 amide bonds. The molecule has 226 valence electrons. The zero-order chi connectivity index (χ0) is 31.9. The van der Waals surface area contributed by atoms with Crippen LogP contribution in [0.3, 0.4) is 0 Å². The van der Waals surface area contributed by atoms with Crippen LogP contribution in [0.25, 0.3) is 22.5 Å². The molecule has 5 rings (SSSR count). The van der Waals surface area contributed by atoms with Gasteiger partial charge < -0.3 is 10.1 Å². The van der Waals surface area contributed by atoms with Gasteiger partial charge in [-0.2, -0.15) is 26.3 Å². The molecule has 2 aromatic heterocycles. The standard InChI is InChI=1S/C19H14F3N3O2.C11H6ClF3N2/c1-12(26)25-15-3-2-4-16(9-15)27-18-10-17(23-11-24-18)13-5-7-14(8-6-13)19(20,21)22;12-10-5-9(16-6-17-10)7-1-3-8(4-2-7)11(13,14)15/h2-11H,1H3,(H,25,26);1-6H. The minimum atomic E-state index is -4.39. The van der Waals surface area contributed by atoms with Gasteiger partial charge in [-0.3, -0.25) is 4.79 Å². The summed E-state index contributed by atoms with van der Waals surface area (Å²) < 4.78 is 80.7. The summed E-state index contributed by atoms with van der Waals surface area (Å²) in [7, 11) is 0. The number of nitrogens with zero attached hydrogens (tertiary/aromatic N) is 4. The Bertz CT molecular complexity index is 1730. The molecule has 0 aliphatic heterocycles. The molecule has 0 bridgehead atoms. The van der Waals surface area contributed by atoms with E-state index in [4.69, 9.17) is 16.3 Å². The fourth-order valence-corrected chi connectivity index (χ4v) is 3.81. The quantitative estimate of drug-likeness (QED) is 0.154. The van der Waals surface area contributed by atoms with Gasteiger partial charge in [0.1, 0.15) is 23.6 Å². The van der Waals surface area contributed by atoms with Crippen molar-refractivity contribution >= 4 is 23.2 Å². The zero-order valence-electron chi connectivity index (χ0n) is 22.5. The van der Waals surface area contributed by atoms with Gasteiger partial charge >= 0.3 is 12.4 Å². The highest BCUT2D eigenvalue weighted by Gasteiger charge is 2.30. The van der Waals surface area contributed by atoms with Gasteiger partial charge in [0.05, 0.1) is 22.5 Å². The van der Waals surface area contributed by atoms with Crippen LogP contribution in [0.2, 0.25) is 5.15 Å². The first-order valence-corrected chi connectivity index (χ1v) is 12.9. The number of amides is 1. The van der Waals surface area contributed by atoms with Crippen LogP contribution in [-0.2, 0) is 17.1 Å². The van der Waals surface area contributed by atoms with Gasteiger partial charge in [0.25, 0.3) is 0 Å². The van der Waals surface area contributed by atoms with Crippen molar-refractivity contribution in [1.29, 1.82) is 0 Å². The number of alkyl halides is 6. The van der Waals surface area contributed by atoms with E-state index in [1.165, 1.54) is 56.0 Å². The first kappa shape index (κ1) is 31.9. The molecule has 1 N–H and O–H groups in total. The highest BCUT2D eigenvalue weighted by Crippen LogP contribution is 2.32. The molecule has 14 heteroatoms. The molecule has 0 saturated heterocycles. The monoisotopic (exact) mass is 631 g/mol. The Kier molecular flexibility index (Phi) is 9.79. The van der Waals surface area contributed by atoms with Crippen molar-refractivity contribution in [2.75, 3.05) is 5.32 Å². The number of benzene rings is 3. The van der Waals surface area contributed by atoms with Crippen LogP contribution in [0.5, 0.6) is 11.6 Å². The minimum absolute atomic E-state index is 0.209. The Balaban J connectivity index is 0.000000223. The van der Waals surface area contributed by atoms with Crippen molar-refractivity contribution in [2.45, 2.75) is 19.3 Å². The lowest BCUT2D eigenvalue weighted by molar-refractivity contribution is -0.138. The van der Waals surface area contributed by atoms with E-state index >= 15 is 0 Å². The number of ether oxygens (including phenoxy) is 1. The van der Waals surface area contributed by atoms with Gasteiger partial charge in [-0.1, -0.05) is 41.9 Å². The second-order valence-corrected chi connectivity index (χ2v) is 9.32. The molecular weight excluding hydrogens is 612 g/mol. The van der Waals surface area contributed by atoms with Gasteiger partial charge in [-0.05, 0) is 36.4 Å². The van der Waals surface area contributed by atoms with E-state index in [-0.39, 0.29) is 16.9 Å². The number of carbonyl (C=O) groups is 1. The average molecular weight is 632 g/mol. The Labute approximate surface area is 251 Å². The van der Waals surface area contributed by atoms with Crippen molar-refractivity contribution in [3.8, 4) is 34.1 Å². The zero-order valence-corrected chi connectivity index (χ0v) is 23.2. The summed E-state index contributed by atoms with van der Waals surface area (Å²) >= 11 is 5.67. The highest BCUT2D eigenvalue weighted by molar-refractivity contribution is 6.29. The normalized spacial score (nSPS) is 11.3. The maximum absolute atomic E-state index is 12.7. The highest BCUT2D eigenvalue weighted by atomic mass is 35.5. The van der Waals surface area contributed by atoms with E-state index in [1.54, 1.807) is 24.3 Å². The van der Waals surface area contributed by atoms with Gasteiger partial charge in [0.15, 0.2) is 0 Å². The Hall–Kier alpha value is -5.04. The van der Waals surface area contributed by atoms with Gasteiger partial charge in [-0.15, -0.1) is 0 Å². The molecule has 0 aliphatic rings. The molecule has 0 radical (unpaired) electrons. The van der Waals surface area contributed by atoms with Gasteiger partial charge in [-0.25, -0.2) is 19.9 Å². The molecule has 44 heavy (non-hydrogen) atoms. The average Bonchev–Trinajstić information content (AvgIpc) is 2.97. The lowest BCUT2D eigenvalue weighted by atomic mass is 10.1. The minimum Gasteiger partial charge on any atom is -0.439 e. The Morgan fingerprint density at radius 3 is 1.73 bits per heavy atom. The first-order valence-electron chi connectivity index (χ1n) is 12.5. The first-order chi connectivity index (χ1) is 20.8.